The molecule has 29 heavy (non-hydrogen) atoms. The number of carbonyl (C=O) groups is 2. The molecule has 1 N–H and O–H groups in total. The van der Waals surface area contributed by atoms with Crippen LogP contribution in [-0.4, -0.2) is 41.3 Å². The largest absolute Gasteiger partial charge is 0.355 e. The molecular formula is C22H26FN3O2S. The summed E-state index contributed by atoms with van der Waals surface area (Å²) in [5, 5.41) is 6.08. The third-order valence-electron chi connectivity index (χ3n) is 5.62. The van der Waals surface area contributed by atoms with Gasteiger partial charge in [0.2, 0.25) is 11.8 Å². The first-order valence-electron chi connectivity index (χ1n) is 10.3. The Morgan fingerprint density at radius 1 is 1.24 bits per heavy atom. The van der Waals surface area contributed by atoms with Gasteiger partial charge in [0, 0.05) is 43.3 Å². The number of halogens is 1. The molecule has 7 heteroatoms. The average Bonchev–Trinajstić information content (AvgIpc) is 3.48. The van der Waals surface area contributed by atoms with E-state index >= 15 is 0 Å². The standard InChI is InChI=1S/C22H26FN3O2S/c23-19-6-2-1-4-16(19)12-20(27)26-11-3-5-17(13-26)22-25-18(14-29-22)9-10-24-21(28)15-7-8-15/h1-2,4,6,14-15,17H,3,5,7-13H2,(H,24,28)/t17-/m1/s1. The molecule has 1 atom stereocenters. The number of amides is 2. The predicted octanol–water partition coefficient (Wildman–Crippen LogP) is 3.30. The van der Waals surface area contributed by atoms with Crippen molar-refractivity contribution < 1.29 is 14.0 Å². The molecule has 2 aromatic rings. The fourth-order valence-corrected chi connectivity index (χ4v) is 4.73. The van der Waals surface area contributed by atoms with Crippen molar-refractivity contribution in [3.05, 3.63) is 51.7 Å². The number of hydrogen-bond donors (Lipinski definition) is 1. The SMILES string of the molecule is O=C(NCCc1csc([C@@H]2CCCN(C(=O)Cc3ccccc3F)C2)n1)C1CC1. The molecule has 1 saturated carbocycles. The lowest BCUT2D eigenvalue weighted by Crippen LogP contribution is -2.40. The topological polar surface area (TPSA) is 62.3 Å². The van der Waals surface area contributed by atoms with Crippen LogP contribution in [0.4, 0.5) is 4.39 Å². The molecule has 2 heterocycles. The van der Waals surface area contributed by atoms with Crippen molar-refractivity contribution >= 4 is 23.2 Å². The lowest BCUT2D eigenvalue weighted by Gasteiger charge is -2.32. The molecule has 1 aromatic carbocycles. The molecule has 0 spiro atoms. The summed E-state index contributed by atoms with van der Waals surface area (Å²) in [7, 11) is 0. The van der Waals surface area contributed by atoms with E-state index in [4.69, 9.17) is 4.98 Å². The van der Waals surface area contributed by atoms with Gasteiger partial charge in [0.05, 0.1) is 17.1 Å². The zero-order valence-electron chi connectivity index (χ0n) is 16.4. The van der Waals surface area contributed by atoms with Gasteiger partial charge in [-0.1, -0.05) is 18.2 Å². The van der Waals surface area contributed by atoms with E-state index < -0.39 is 0 Å². The zero-order valence-corrected chi connectivity index (χ0v) is 17.2. The number of thiazole rings is 1. The van der Waals surface area contributed by atoms with Crippen LogP contribution in [0.2, 0.25) is 0 Å². The summed E-state index contributed by atoms with van der Waals surface area (Å²) in [6.07, 6.45) is 4.80. The first-order chi connectivity index (χ1) is 14.1. The van der Waals surface area contributed by atoms with Crippen molar-refractivity contribution in [2.24, 2.45) is 5.92 Å². The second kappa shape index (κ2) is 9.03. The van der Waals surface area contributed by atoms with Gasteiger partial charge in [-0.3, -0.25) is 9.59 Å². The maximum absolute atomic E-state index is 13.9. The van der Waals surface area contributed by atoms with Gasteiger partial charge in [-0.2, -0.15) is 0 Å². The Morgan fingerprint density at radius 2 is 2.07 bits per heavy atom. The van der Waals surface area contributed by atoms with E-state index in [1.54, 1.807) is 29.5 Å². The highest BCUT2D eigenvalue weighted by Crippen LogP contribution is 2.30. The monoisotopic (exact) mass is 415 g/mol. The second-order valence-corrected chi connectivity index (χ2v) is 8.83. The number of nitrogens with zero attached hydrogens (tertiary/aromatic N) is 2. The molecule has 2 fully saturated rings. The first kappa shape index (κ1) is 20.0. The summed E-state index contributed by atoms with van der Waals surface area (Å²) >= 11 is 1.63. The summed E-state index contributed by atoms with van der Waals surface area (Å²) in [6, 6.07) is 6.46. The molecule has 154 valence electrons. The fraction of sp³-hybridized carbons (Fsp3) is 0.500. The summed E-state index contributed by atoms with van der Waals surface area (Å²) < 4.78 is 13.9. The van der Waals surface area contributed by atoms with E-state index in [1.807, 2.05) is 4.90 Å². The highest BCUT2D eigenvalue weighted by atomic mass is 32.1. The molecule has 4 rings (SSSR count). The van der Waals surface area contributed by atoms with Crippen molar-refractivity contribution in [2.75, 3.05) is 19.6 Å². The number of aromatic nitrogens is 1. The number of likely N-dealkylation sites (tertiary alicyclic amines) is 1. The van der Waals surface area contributed by atoms with E-state index in [1.165, 1.54) is 6.07 Å². The van der Waals surface area contributed by atoms with Crippen LogP contribution in [0.1, 0.15) is 47.9 Å². The van der Waals surface area contributed by atoms with Crippen molar-refractivity contribution in [3.8, 4) is 0 Å². The third kappa shape index (κ3) is 5.21. The molecule has 1 aliphatic heterocycles. The molecular weight excluding hydrogens is 389 g/mol. The summed E-state index contributed by atoms with van der Waals surface area (Å²) in [4.78, 5) is 31.0. The minimum Gasteiger partial charge on any atom is -0.355 e. The molecule has 1 aliphatic carbocycles. The zero-order chi connectivity index (χ0) is 20.2. The van der Waals surface area contributed by atoms with Crippen LogP contribution in [0.25, 0.3) is 0 Å². The van der Waals surface area contributed by atoms with Crippen molar-refractivity contribution in [3.63, 3.8) is 0 Å². The van der Waals surface area contributed by atoms with E-state index in [2.05, 4.69) is 10.7 Å². The number of hydrogen-bond acceptors (Lipinski definition) is 4. The van der Waals surface area contributed by atoms with E-state index in [-0.39, 0.29) is 35.9 Å². The highest BCUT2D eigenvalue weighted by Gasteiger charge is 2.29. The molecule has 2 aliphatic rings. The summed E-state index contributed by atoms with van der Waals surface area (Å²) in [5.41, 5.74) is 1.44. The van der Waals surface area contributed by atoms with Gasteiger partial charge in [0.15, 0.2) is 0 Å². The van der Waals surface area contributed by atoms with Gasteiger partial charge in [-0.25, -0.2) is 9.37 Å². The Kier molecular flexibility index (Phi) is 6.23. The van der Waals surface area contributed by atoms with Crippen LogP contribution >= 0.6 is 11.3 Å². The summed E-state index contributed by atoms with van der Waals surface area (Å²) in [6.45, 7) is 1.98. The molecule has 0 radical (unpaired) electrons. The Balaban J connectivity index is 1.30. The normalized spacial score (nSPS) is 19.2. The van der Waals surface area contributed by atoms with Crippen LogP contribution in [0.3, 0.4) is 0 Å². The Labute approximate surface area is 174 Å². The average molecular weight is 416 g/mol. The molecule has 1 aromatic heterocycles. The predicted molar refractivity (Wildman–Crippen MR) is 110 cm³/mol. The highest BCUT2D eigenvalue weighted by molar-refractivity contribution is 7.09. The summed E-state index contributed by atoms with van der Waals surface area (Å²) in [5.74, 6) is 0.271. The van der Waals surface area contributed by atoms with Gasteiger partial charge >= 0.3 is 0 Å². The minimum atomic E-state index is -0.326. The van der Waals surface area contributed by atoms with Crippen molar-refractivity contribution in [1.29, 1.82) is 0 Å². The van der Waals surface area contributed by atoms with Gasteiger partial charge in [-0.15, -0.1) is 11.3 Å². The van der Waals surface area contributed by atoms with Gasteiger partial charge in [0.25, 0.3) is 0 Å². The van der Waals surface area contributed by atoms with Crippen LogP contribution in [0, 0.1) is 11.7 Å². The number of rotatable bonds is 7. The quantitative estimate of drug-likeness (QED) is 0.755. The van der Waals surface area contributed by atoms with E-state index in [9.17, 15) is 14.0 Å². The Bertz CT molecular complexity index is 880. The Hall–Kier alpha value is -2.28. The van der Waals surface area contributed by atoms with E-state index in [0.29, 0.717) is 18.7 Å². The smallest absolute Gasteiger partial charge is 0.227 e. The first-order valence-corrected chi connectivity index (χ1v) is 11.2. The van der Waals surface area contributed by atoms with E-state index in [0.717, 1.165) is 49.4 Å². The molecule has 0 unspecified atom stereocenters. The molecule has 0 bridgehead atoms. The van der Waals surface area contributed by atoms with Crippen LogP contribution < -0.4 is 5.32 Å². The van der Waals surface area contributed by atoms with Gasteiger partial charge in [-0.05, 0) is 37.3 Å². The Morgan fingerprint density at radius 3 is 2.86 bits per heavy atom. The number of piperidine rings is 1. The lowest BCUT2D eigenvalue weighted by molar-refractivity contribution is -0.131. The maximum atomic E-state index is 13.9. The number of benzene rings is 1. The fourth-order valence-electron chi connectivity index (χ4n) is 3.75. The van der Waals surface area contributed by atoms with Crippen LogP contribution in [0.15, 0.2) is 29.6 Å². The van der Waals surface area contributed by atoms with Crippen molar-refractivity contribution in [2.45, 2.75) is 44.4 Å². The number of carbonyl (C=O) groups excluding carboxylic acids is 2. The van der Waals surface area contributed by atoms with Crippen molar-refractivity contribution in [1.82, 2.24) is 15.2 Å². The molecule has 5 nitrogen and oxygen atoms in total. The minimum absolute atomic E-state index is 0.0284. The van der Waals surface area contributed by atoms with Crippen LogP contribution in [0.5, 0.6) is 0 Å². The van der Waals surface area contributed by atoms with Gasteiger partial charge in [0.1, 0.15) is 5.82 Å². The van der Waals surface area contributed by atoms with Crippen LogP contribution in [-0.2, 0) is 22.4 Å². The maximum Gasteiger partial charge on any atom is 0.227 e. The number of nitrogens with one attached hydrogen (secondary N) is 1. The molecule has 1 saturated heterocycles. The molecule has 2 amide bonds. The lowest BCUT2D eigenvalue weighted by atomic mass is 9.98. The second-order valence-electron chi connectivity index (χ2n) is 7.94. The third-order valence-corrected chi connectivity index (χ3v) is 6.68. The van der Waals surface area contributed by atoms with Gasteiger partial charge < -0.3 is 10.2 Å².